The first-order valence-electron chi connectivity index (χ1n) is 6.65. The first-order valence-corrected chi connectivity index (χ1v) is 6.65. The van der Waals surface area contributed by atoms with Gasteiger partial charge in [0.2, 0.25) is 0 Å². The molecule has 1 aromatic carbocycles. The summed E-state index contributed by atoms with van der Waals surface area (Å²) in [5, 5.41) is 9.00. The van der Waals surface area contributed by atoms with Gasteiger partial charge in [0.15, 0.2) is 5.60 Å². The maximum absolute atomic E-state index is 12.1. The molecule has 0 saturated heterocycles. The summed E-state index contributed by atoms with van der Waals surface area (Å²) in [7, 11) is 1.72. The highest BCUT2D eigenvalue weighted by molar-refractivity contribution is 6.01. The molecular formula is C15H17NO4. The van der Waals surface area contributed by atoms with Gasteiger partial charge in [0.1, 0.15) is 5.75 Å². The Morgan fingerprint density at radius 2 is 2.15 bits per heavy atom. The highest BCUT2D eigenvalue weighted by atomic mass is 16.5. The van der Waals surface area contributed by atoms with E-state index in [0.717, 1.165) is 11.3 Å². The number of carboxylic acids is 1. The van der Waals surface area contributed by atoms with Crippen LogP contribution in [-0.2, 0) is 9.59 Å². The van der Waals surface area contributed by atoms with Crippen LogP contribution in [0.25, 0.3) is 0 Å². The Bertz CT molecular complexity index is 608. The smallest absolute Gasteiger partial charge is 0.307 e. The van der Waals surface area contributed by atoms with Gasteiger partial charge in [-0.3, -0.25) is 9.59 Å². The molecular weight excluding hydrogens is 258 g/mol. The molecule has 0 aromatic heterocycles. The van der Waals surface area contributed by atoms with Gasteiger partial charge in [0.25, 0.3) is 5.91 Å². The standard InChI is InChI=1S/C15H17NO4/c1-15(2)14(19)16(3)11-5-4-8(6-12(11)20-15)9-7-10(9)13(17)18/h4-6,9-10H,7H2,1-3H3,(H,17,18). The summed E-state index contributed by atoms with van der Waals surface area (Å²) in [5.74, 6) is -0.420. The molecule has 2 atom stereocenters. The van der Waals surface area contributed by atoms with Gasteiger partial charge in [-0.25, -0.2) is 0 Å². The van der Waals surface area contributed by atoms with E-state index in [9.17, 15) is 9.59 Å². The fraction of sp³-hybridized carbons (Fsp3) is 0.467. The quantitative estimate of drug-likeness (QED) is 0.896. The number of ether oxygens (including phenoxy) is 1. The first-order chi connectivity index (χ1) is 9.31. The Labute approximate surface area is 117 Å². The van der Waals surface area contributed by atoms with Gasteiger partial charge in [0.05, 0.1) is 11.6 Å². The largest absolute Gasteiger partial charge is 0.481 e. The number of amides is 1. The van der Waals surface area contributed by atoms with Gasteiger partial charge < -0.3 is 14.7 Å². The number of fused-ring (bicyclic) bond motifs is 1. The molecule has 0 radical (unpaired) electrons. The Morgan fingerprint density at radius 3 is 2.75 bits per heavy atom. The van der Waals surface area contributed by atoms with E-state index in [1.807, 2.05) is 18.2 Å². The highest BCUT2D eigenvalue weighted by Gasteiger charge is 2.45. The maximum Gasteiger partial charge on any atom is 0.307 e. The summed E-state index contributed by atoms with van der Waals surface area (Å²) in [5.41, 5.74) is 0.802. The molecule has 1 fully saturated rings. The van der Waals surface area contributed by atoms with Crippen molar-refractivity contribution in [1.82, 2.24) is 0 Å². The molecule has 2 aliphatic rings. The number of benzene rings is 1. The fourth-order valence-corrected chi connectivity index (χ4v) is 2.79. The number of carbonyl (C=O) groups excluding carboxylic acids is 1. The number of carboxylic acid groups (broad SMARTS) is 1. The first kappa shape index (κ1) is 13.0. The van der Waals surface area contributed by atoms with Crippen molar-refractivity contribution in [3.63, 3.8) is 0 Å². The van der Waals surface area contributed by atoms with E-state index in [2.05, 4.69) is 0 Å². The number of hydrogen-bond donors (Lipinski definition) is 1. The van der Waals surface area contributed by atoms with Crippen molar-refractivity contribution in [2.45, 2.75) is 31.8 Å². The monoisotopic (exact) mass is 275 g/mol. The fourth-order valence-electron chi connectivity index (χ4n) is 2.79. The zero-order chi connectivity index (χ0) is 14.7. The average molecular weight is 275 g/mol. The number of likely N-dealkylation sites (N-methyl/N-ethyl adjacent to an activating group) is 1. The minimum Gasteiger partial charge on any atom is -0.481 e. The molecule has 0 spiro atoms. The molecule has 1 N–H and O–H groups in total. The van der Waals surface area contributed by atoms with Crippen molar-refractivity contribution in [3.05, 3.63) is 23.8 Å². The summed E-state index contributed by atoms with van der Waals surface area (Å²) < 4.78 is 5.78. The van der Waals surface area contributed by atoms with E-state index in [4.69, 9.17) is 9.84 Å². The lowest BCUT2D eigenvalue weighted by Crippen LogP contribution is -2.50. The minimum absolute atomic E-state index is 0.0625. The molecule has 0 bridgehead atoms. The highest BCUT2D eigenvalue weighted by Crippen LogP contribution is 2.50. The molecule has 1 aliphatic carbocycles. The zero-order valence-electron chi connectivity index (χ0n) is 11.7. The molecule has 3 rings (SSSR count). The third-order valence-corrected chi connectivity index (χ3v) is 4.07. The second kappa shape index (κ2) is 3.98. The van der Waals surface area contributed by atoms with E-state index >= 15 is 0 Å². The van der Waals surface area contributed by atoms with Crippen LogP contribution in [0.2, 0.25) is 0 Å². The summed E-state index contributed by atoms with van der Waals surface area (Å²) in [4.78, 5) is 24.6. The van der Waals surface area contributed by atoms with Crippen LogP contribution in [0.3, 0.4) is 0 Å². The molecule has 5 heteroatoms. The second-order valence-electron chi connectivity index (χ2n) is 5.99. The van der Waals surface area contributed by atoms with Gasteiger partial charge in [-0.1, -0.05) is 6.07 Å². The molecule has 1 saturated carbocycles. The third-order valence-electron chi connectivity index (χ3n) is 4.07. The summed E-state index contributed by atoms with van der Waals surface area (Å²) in [6, 6.07) is 5.58. The van der Waals surface area contributed by atoms with Gasteiger partial charge in [-0.2, -0.15) is 0 Å². The van der Waals surface area contributed by atoms with Gasteiger partial charge >= 0.3 is 5.97 Å². The van der Waals surface area contributed by atoms with Crippen LogP contribution in [0.15, 0.2) is 18.2 Å². The SMILES string of the molecule is CN1C(=O)C(C)(C)Oc2cc(C3CC3C(=O)O)ccc21. The van der Waals surface area contributed by atoms with Gasteiger partial charge in [0, 0.05) is 7.05 Å². The molecule has 106 valence electrons. The predicted molar refractivity (Wildman–Crippen MR) is 73.0 cm³/mol. The minimum atomic E-state index is -0.893. The summed E-state index contributed by atoms with van der Waals surface area (Å²) >= 11 is 0. The Hall–Kier alpha value is -2.04. The van der Waals surface area contributed by atoms with Gasteiger partial charge in [-0.05, 0) is 43.9 Å². The van der Waals surface area contributed by atoms with Crippen LogP contribution in [0.5, 0.6) is 5.75 Å². The molecule has 20 heavy (non-hydrogen) atoms. The number of hydrogen-bond acceptors (Lipinski definition) is 3. The molecule has 1 amide bonds. The molecule has 5 nitrogen and oxygen atoms in total. The number of rotatable bonds is 2. The lowest BCUT2D eigenvalue weighted by atomic mass is 10.0. The van der Waals surface area contributed by atoms with Crippen molar-refractivity contribution in [2.24, 2.45) is 5.92 Å². The van der Waals surface area contributed by atoms with Crippen LogP contribution < -0.4 is 9.64 Å². The van der Waals surface area contributed by atoms with Crippen LogP contribution in [0.4, 0.5) is 5.69 Å². The van der Waals surface area contributed by atoms with Crippen LogP contribution >= 0.6 is 0 Å². The van der Waals surface area contributed by atoms with Gasteiger partial charge in [-0.15, -0.1) is 0 Å². The number of carbonyl (C=O) groups is 2. The van der Waals surface area contributed by atoms with E-state index in [1.54, 1.807) is 25.8 Å². The second-order valence-corrected chi connectivity index (χ2v) is 5.99. The van der Waals surface area contributed by atoms with Crippen molar-refractivity contribution < 1.29 is 19.4 Å². The molecule has 1 aromatic rings. The van der Waals surface area contributed by atoms with E-state index in [-0.39, 0.29) is 17.7 Å². The molecule has 1 heterocycles. The Kier molecular flexibility index (Phi) is 2.58. The number of aliphatic carboxylic acids is 1. The van der Waals surface area contributed by atoms with E-state index < -0.39 is 11.6 Å². The van der Waals surface area contributed by atoms with Crippen molar-refractivity contribution in [3.8, 4) is 5.75 Å². The van der Waals surface area contributed by atoms with Crippen LogP contribution in [0, 0.1) is 5.92 Å². The predicted octanol–water partition coefficient (Wildman–Crippen LogP) is 2.01. The average Bonchev–Trinajstić information content (AvgIpc) is 3.15. The molecule has 1 aliphatic heterocycles. The maximum atomic E-state index is 12.1. The van der Waals surface area contributed by atoms with Crippen LogP contribution in [-0.4, -0.2) is 29.6 Å². The van der Waals surface area contributed by atoms with E-state index in [1.165, 1.54) is 0 Å². The zero-order valence-corrected chi connectivity index (χ0v) is 11.7. The van der Waals surface area contributed by atoms with Crippen LogP contribution in [0.1, 0.15) is 31.7 Å². The Morgan fingerprint density at radius 1 is 1.45 bits per heavy atom. The lowest BCUT2D eigenvalue weighted by Gasteiger charge is -2.37. The van der Waals surface area contributed by atoms with Crippen molar-refractivity contribution in [1.29, 1.82) is 0 Å². The topological polar surface area (TPSA) is 66.8 Å². The number of anilines is 1. The normalized spacial score (nSPS) is 26.8. The summed E-state index contributed by atoms with van der Waals surface area (Å²) in [6.07, 6.45) is 0.673. The van der Waals surface area contributed by atoms with Crippen molar-refractivity contribution in [2.75, 3.05) is 11.9 Å². The Balaban J connectivity index is 1.94. The molecule has 2 unspecified atom stereocenters. The number of nitrogens with zero attached hydrogens (tertiary/aromatic N) is 1. The van der Waals surface area contributed by atoms with E-state index in [0.29, 0.717) is 12.2 Å². The lowest BCUT2D eigenvalue weighted by molar-refractivity contribution is -0.138. The summed E-state index contributed by atoms with van der Waals surface area (Å²) in [6.45, 7) is 3.47. The third kappa shape index (κ3) is 1.85. The van der Waals surface area contributed by atoms with Crippen molar-refractivity contribution >= 4 is 17.6 Å².